The molecule has 1 aliphatic carbocycles. The fraction of sp³-hybridized carbons (Fsp3) is 0.625. The monoisotopic (exact) mass is 184 g/mol. The van der Waals surface area contributed by atoms with Gasteiger partial charge < -0.3 is 10.8 Å². The van der Waals surface area contributed by atoms with E-state index in [2.05, 4.69) is 4.98 Å². The van der Waals surface area contributed by atoms with Crippen LogP contribution in [0.3, 0.4) is 0 Å². The maximum atomic E-state index is 8.81. The zero-order valence-electron chi connectivity index (χ0n) is 6.79. The van der Waals surface area contributed by atoms with Gasteiger partial charge in [0.05, 0.1) is 17.8 Å². The first-order valence-corrected chi connectivity index (χ1v) is 4.97. The summed E-state index contributed by atoms with van der Waals surface area (Å²) in [4.78, 5) is 4.27. The molecule has 1 saturated carbocycles. The minimum atomic E-state index is -0.177. The smallest absolute Gasteiger partial charge is 0.118 e. The SMILES string of the molecule is NC1(c2csc(CO)n2)CCC1. The van der Waals surface area contributed by atoms with Gasteiger partial charge in [0.2, 0.25) is 0 Å². The van der Waals surface area contributed by atoms with Crippen LogP contribution >= 0.6 is 11.3 Å². The zero-order chi connectivity index (χ0) is 8.60. The molecule has 2 rings (SSSR count). The molecule has 0 unspecified atom stereocenters. The molecule has 12 heavy (non-hydrogen) atoms. The average molecular weight is 184 g/mol. The first kappa shape index (κ1) is 8.16. The Morgan fingerprint density at radius 3 is 2.83 bits per heavy atom. The third kappa shape index (κ3) is 1.16. The normalized spacial score (nSPS) is 20.5. The molecular formula is C8H12N2OS. The second-order valence-electron chi connectivity index (χ2n) is 3.29. The Hall–Kier alpha value is -0.450. The van der Waals surface area contributed by atoms with Crippen molar-refractivity contribution in [2.45, 2.75) is 31.4 Å². The van der Waals surface area contributed by atoms with Crippen LogP contribution in [-0.4, -0.2) is 10.1 Å². The van der Waals surface area contributed by atoms with Crippen molar-refractivity contribution in [1.82, 2.24) is 4.98 Å². The summed E-state index contributed by atoms with van der Waals surface area (Å²) in [5.41, 5.74) is 6.84. The summed E-state index contributed by atoms with van der Waals surface area (Å²) >= 11 is 1.48. The van der Waals surface area contributed by atoms with Crippen LogP contribution in [0.4, 0.5) is 0 Å². The number of rotatable bonds is 2. The molecule has 0 spiro atoms. The summed E-state index contributed by atoms with van der Waals surface area (Å²) in [6, 6.07) is 0. The van der Waals surface area contributed by atoms with E-state index in [4.69, 9.17) is 10.8 Å². The fourth-order valence-electron chi connectivity index (χ4n) is 1.43. The van der Waals surface area contributed by atoms with Crippen molar-refractivity contribution in [2.75, 3.05) is 0 Å². The molecular weight excluding hydrogens is 172 g/mol. The molecule has 3 nitrogen and oxygen atoms in total. The highest BCUT2D eigenvalue weighted by Crippen LogP contribution is 2.38. The summed E-state index contributed by atoms with van der Waals surface area (Å²) in [7, 11) is 0. The van der Waals surface area contributed by atoms with Crippen LogP contribution in [0.5, 0.6) is 0 Å². The maximum absolute atomic E-state index is 8.81. The second kappa shape index (κ2) is 2.80. The number of nitrogens with two attached hydrogens (primary N) is 1. The van der Waals surface area contributed by atoms with Crippen LogP contribution in [0, 0.1) is 0 Å². The number of aliphatic hydroxyl groups is 1. The molecule has 1 fully saturated rings. The summed E-state index contributed by atoms with van der Waals surface area (Å²) in [6.45, 7) is 0.0285. The maximum Gasteiger partial charge on any atom is 0.118 e. The number of hydrogen-bond acceptors (Lipinski definition) is 4. The van der Waals surface area contributed by atoms with Crippen molar-refractivity contribution in [3.63, 3.8) is 0 Å². The van der Waals surface area contributed by atoms with Gasteiger partial charge in [-0.1, -0.05) is 0 Å². The second-order valence-corrected chi connectivity index (χ2v) is 4.24. The number of hydrogen-bond donors (Lipinski definition) is 2. The van der Waals surface area contributed by atoms with Gasteiger partial charge in [-0.25, -0.2) is 4.98 Å². The Labute approximate surface area is 75.2 Å². The van der Waals surface area contributed by atoms with Crippen LogP contribution in [0.2, 0.25) is 0 Å². The molecule has 3 N–H and O–H groups in total. The van der Waals surface area contributed by atoms with E-state index in [1.807, 2.05) is 5.38 Å². The van der Waals surface area contributed by atoms with Crippen LogP contribution in [0.15, 0.2) is 5.38 Å². The lowest BCUT2D eigenvalue weighted by Crippen LogP contribution is -2.43. The van der Waals surface area contributed by atoms with Gasteiger partial charge >= 0.3 is 0 Å². The molecule has 0 amide bonds. The van der Waals surface area contributed by atoms with E-state index in [1.54, 1.807) is 0 Å². The number of aliphatic hydroxyl groups excluding tert-OH is 1. The molecule has 1 aromatic rings. The van der Waals surface area contributed by atoms with Crippen molar-refractivity contribution in [2.24, 2.45) is 5.73 Å². The molecule has 1 aliphatic rings. The Morgan fingerprint density at radius 2 is 2.42 bits per heavy atom. The molecule has 1 aromatic heterocycles. The fourth-order valence-corrected chi connectivity index (χ4v) is 2.19. The van der Waals surface area contributed by atoms with Crippen LogP contribution in [0.25, 0.3) is 0 Å². The highest BCUT2D eigenvalue weighted by molar-refractivity contribution is 7.09. The van der Waals surface area contributed by atoms with E-state index in [-0.39, 0.29) is 12.1 Å². The van der Waals surface area contributed by atoms with Gasteiger partial charge in [-0.15, -0.1) is 11.3 Å². The van der Waals surface area contributed by atoms with Crippen molar-refractivity contribution in [3.05, 3.63) is 16.1 Å². The summed E-state index contributed by atoms with van der Waals surface area (Å²) in [5.74, 6) is 0. The van der Waals surface area contributed by atoms with Gasteiger partial charge in [0.25, 0.3) is 0 Å². The summed E-state index contributed by atoms with van der Waals surface area (Å²) in [6.07, 6.45) is 3.26. The summed E-state index contributed by atoms with van der Waals surface area (Å²) in [5, 5.41) is 11.5. The van der Waals surface area contributed by atoms with Gasteiger partial charge in [0.1, 0.15) is 5.01 Å². The third-order valence-electron chi connectivity index (χ3n) is 2.44. The number of aromatic nitrogens is 1. The third-order valence-corrected chi connectivity index (χ3v) is 3.28. The molecule has 0 atom stereocenters. The molecule has 1 heterocycles. The minimum absolute atomic E-state index is 0.0285. The standard InChI is InChI=1S/C8H12N2OS/c9-8(2-1-3-8)6-5-12-7(4-11)10-6/h5,11H,1-4,9H2. The zero-order valence-corrected chi connectivity index (χ0v) is 7.60. The predicted octanol–water partition coefficient (Wildman–Crippen LogP) is 0.973. The Bertz CT molecular complexity index is 280. The lowest BCUT2D eigenvalue weighted by Gasteiger charge is -2.36. The minimum Gasteiger partial charge on any atom is -0.389 e. The van der Waals surface area contributed by atoms with Gasteiger partial charge in [-0.3, -0.25) is 0 Å². The Morgan fingerprint density at radius 1 is 1.67 bits per heavy atom. The van der Waals surface area contributed by atoms with E-state index >= 15 is 0 Å². The first-order chi connectivity index (χ1) is 5.74. The molecule has 4 heteroatoms. The lowest BCUT2D eigenvalue weighted by atomic mass is 9.76. The van der Waals surface area contributed by atoms with E-state index in [0.717, 1.165) is 23.5 Å². The molecule has 0 saturated heterocycles. The average Bonchev–Trinajstić information content (AvgIpc) is 2.48. The van der Waals surface area contributed by atoms with Crippen LogP contribution in [-0.2, 0) is 12.1 Å². The Balaban J connectivity index is 2.22. The van der Waals surface area contributed by atoms with E-state index in [1.165, 1.54) is 17.8 Å². The first-order valence-electron chi connectivity index (χ1n) is 4.09. The molecule has 0 radical (unpaired) electrons. The van der Waals surface area contributed by atoms with Gasteiger partial charge in [0.15, 0.2) is 0 Å². The van der Waals surface area contributed by atoms with E-state index in [0.29, 0.717) is 0 Å². The van der Waals surface area contributed by atoms with E-state index in [9.17, 15) is 0 Å². The highest BCUT2D eigenvalue weighted by atomic mass is 32.1. The molecule has 0 aromatic carbocycles. The van der Waals surface area contributed by atoms with Crippen molar-refractivity contribution < 1.29 is 5.11 Å². The quantitative estimate of drug-likeness (QED) is 0.720. The number of nitrogens with zero attached hydrogens (tertiary/aromatic N) is 1. The topological polar surface area (TPSA) is 59.1 Å². The molecule has 0 bridgehead atoms. The van der Waals surface area contributed by atoms with Gasteiger partial charge in [-0.05, 0) is 19.3 Å². The van der Waals surface area contributed by atoms with Crippen molar-refractivity contribution in [1.29, 1.82) is 0 Å². The number of thiazole rings is 1. The largest absolute Gasteiger partial charge is 0.389 e. The van der Waals surface area contributed by atoms with Crippen LogP contribution in [0.1, 0.15) is 30.0 Å². The van der Waals surface area contributed by atoms with Crippen molar-refractivity contribution >= 4 is 11.3 Å². The highest BCUT2D eigenvalue weighted by Gasteiger charge is 2.36. The van der Waals surface area contributed by atoms with Gasteiger partial charge in [0, 0.05) is 5.38 Å². The summed E-state index contributed by atoms with van der Waals surface area (Å²) < 4.78 is 0. The van der Waals surface area contributed by atoms with Crippen molar-refractivity contribution in [3.8, 4) is 0 Å². The Kier molecular flexibility index (Phi) is 1.90. The lowest BCUT2D eigenvalue weighted by molar-refractivity contribution is 0.244. The van der Waals surface area contributed by atoms with Crippen LogP contribution < -0.4 is 5.73 Å². The molecule has 0 aliphatic heterocycles. The van der Waals surface area contributed by atoms with E-state index < -0.39 is 0 Å². The molecule has 66 valence electrons. The van der Waals surface area contributed by atoms with Gasteiger partial charge in [-0.2, -0.15) is 0 Å². The predicted molar refractivity (Wildman–Crippen MR) is 47.8 cm³/mol.